The van der Waals surface area contributed by atoms with Gasteiger partial charge in [0.05, 0.1) is 6.42 Å². The van der Waals surface area contributed by atoms with Crippen LogP contribution in [0.2, 0.25) is 0 Å². The summed E-state index contributed by atoms with van der Waals surface area (Å²) in [6.07, 6.45) is -0.473. The van der Waals surface area contributed by atoms with Gasteiger partial charge in [-0.3, -0.25) is 9.59 Å². The summed E-state index contributed by atoms with van der Waals surface area (Å²) < 4.78 is 5.23. The molecule has 0 saturated heterocycles. The number of hydrogen-bond acceptors (Lipinski definition) is 3. The highest BCUT2D eigenvalue weighted by Crippen LogP contribution is 2.41. The molecule has 1 atom stereocenters. The van der Waals surface area contributed by atoms with E-state index < -0.39 is 23.8 Å². The molecule has 1 aliphatic rings. The van der Waals surface area contributed by atoms with Crippen molar-refractivity contribution in [2.24, 2.45) is 0 Å². The third-order valence-electron chi connectivity index (χ3n) is 2.74. The summed E-state index contributed by atoms with van der Waals surface area (Å²) >= 11 is 0. The highest BCUT2D eigenvalue weighted by atomic mass is 16.5. The number of benzene rings is 1. The van der Waals surface area contributed by atoms with Gasteiger partial charge in [-0.25, -0.2) is 0 Å². The molecule has 0 radical (unpaired) electrons. The van der Waals surface area contributed by atoms with E-state index in [0.717, 1.165) is 0 Å². The summed E-state index contributed by atoms with van der Waals surface area (Å²) in [5.41, 5.74) is -1.02. The number of carboxylic acid groups (broad SMARTS) is 2. The summed E-state index contributed by atoms with van der Waals surface area (Å²) in [5.74, 6) is -1.87. The predicted molar refractivity (Wildman–Crippen MR) is 53.5 cm³/mol. The quantitative estimate of drug-likeness (QED) is 0.792. The molecule has 16 heavy (non-hydrogen) atoms. The Morgan fingerprint density at radius 2 is 2.00 bits per heavy atom. The van der Waals surface area contributed by atoms with Crippen LogP contribution in [0.1, 0.15) is 12.0 Å². The zero-order valence-corrected chi connectivity index (χ0v) is 8.34. The van der Waals surface area contributed by atoms with Crippen molar-refractivity contribution in [3.8, 4) is 5.75 Å². The fourth-order valence-electron chi connectivity index (χ4n) is 1.92. The minimum Gasteiger partial charge on any atom is -0.492 e. The minimum atomic E-state index is -1.46. The molecule has 1 aromatic carbocycles. The molecule has 5 heteroatoms. The number of carboxylic acids is 2. The maximum absolute atomic E-state index is 11.3. The van der Waals surface area contributed by atoms with Crippen LogP contribution in [0, 0.1) is 0 Å². The zero-order valence-electron chi connectivity index (χ0n) is 8.34. The maximum Gasteiger partial charge on any atom is 0.318 e. The molecule has 2 rings (SSSR count). The third-order valence-corrected chi connectivity index (χ3v) is 2.74. The number of ether oxygens (including phenoxy) is 1. The molecule has 0 bridgehead atoms. The molecule has 0 saturated carbocycles. The monoisotopic (exact) mass is 222 g/mol. The number of carbonyl (C=O) groups is 2. The second kappa shape index (κ2) is 3.52. The Bertz CT molecular complexity index is 453. The van der Waals surface area contributed by atoms with E-state index in [1.807, 2.05) is 0 Å². The molecule has 0 aromatic heterocycles. The van der Waals surface area contributed by atoms with Gasteiger partial charge in [-0.05, 0) is 6.07 Å². The van der Waals surface area contributed by atoms with E-state index in [9.17, 15) is 14.7 Å². The first kappa shape index (κ1) is 10.5. The fourth-order valence-corrected chi connectivity index (χ4v) is 1.92. The van der Waals surface area contributed by atoms with Gasteiger partial charge in [0.15, 0.2) is 0 Å². The topological polar surface area (TPSA) is 83.8 Å². The SMILES string of the molecule is O=C(O)CC1(C(=O)O)COc2ccccc21. The van der Waals surface area contributed by atoms with Crippen LogP contribution < -0.4 is 4.74 Å². The molecule has 1 unspecified atom stereocenters. The van der Waals surface area contributed by atoms with Gasteiger partial charge in [-0.15, -0.1) is 0 Å². The number of fused-ring (bicyclic) bond motifs is 1. The lowest BCUT2D eigenvalue weighted by Gasteiger charge is -2.20. The summed E-state index contributed by atoms with van der Waals surface area (Å²) in [5, 5.41) is 18.0. The van der Waals surface area contributed by atoms with Crippen LogP contribution in [0.4, 0.5) is 0 Å². The van der Waals surface area contributed by atoms with Crippen LogP contribution in [0.15, 0.2) is 24.3 Å². The average Bonchev–Trinajstić information content (AvgIpc) is 2.58. The van der Waals surface area contributed by atoms with E-state index in [0.29, 0.717) is 11.3 Å². The molecule has 0 fully saturated rings. The standard InChI is InChI=1S/C11H10O5/c12-9(13)5-11(10(14)15)6-16-8-4-2-1-3-7(8)11/h1-4H,5-6H2,(H,12,13)(H,14,15). The molecule has 1 aromatic rings. The van der Waals surface area contributed by atoms with E-state index >= 15 is 0 Å². The molecule has 84 valence electrons. The second-order valence-corrected chi connectivity index (χ2v) is 3.74. The van der Waals surface area contributed by atoms with Gasteiger partial charge in [0.2, 0.25) is 0 Å². The van der Waals surface area contributed by atoms with E-state index in [1.165, 1.54) is 0 Å². The lowest BCUT2D eigenvalue weighted by Crippen LogP contribution is -2.39. The Morgan fingerprint density at radius 1 is 1.31 bits per heavy atom. The summed E-state index contributed by atoms with van der Waals surface area (Å²) in [4.78, 5) is 22.0. The molecule has 0 aliphatic carbocycles. The van der Waals surface area contributed by atoms with Crippen molar-refractivity contribution in [3.05, 3.63) is 29.8 Å². The highest BCUT2D eigenvalue weighted by Gasteiger charge is 2.49. The van der Waals surface area contributed by atoms with Crippen molar-refractivity contribution in [3.63, 3.8) is 0 Å². The number of hydrogen-bond donors (Lipinski definition) is 2. The van der Waals surface area contributed by atoms with Crippen LogP contribution in [0.3, 0.4) is 0 Å². The van der Waals surface area contributed by atoms with E-state index in [-0.39, 0.29) is 6.61 Å². The number of para-hydroxylation sites is 1. The average molecular weight is 222 g/mol. The van der Waals surface area contributed by atoms with Gasteiger partial charge in [0.1, 0.15) is 17.8 Å². The Labute approximate surface area is 91.3 Å². The first-order valence-electron chi connectivity index (χ1n) is 4.74. The second-order valence-electron chi connectivity index (χ2n) is 3.74. The van der Waals surface area contributed by atoms with Crippen molar-refractivity contribution in [2.75, 3.05) is 6.61 Å². The summed E-state index contributed by atoms with van der Waals surface area (Å²) in [6, 6.07) is 6.63. The van der Waals surface area contributed by atoms with Crippen LogP contribution in [0.25, 0.3) is 0 Å². The predicted octanol–water partition coefficient (Wildman–Crippen LogP) is 0.876. The van der Waals surface area contributed by atoms with Crippen molar-refractivity contribution >= 4 is 11.9 Å². The van der Waals surface area contributed by atoms with Gasteiger partial charge < -0.3 is 14.9 Å². The highest BCUT2D eigenvalue weighted by molar-refractivity contribution is 5.89. The maximum atomic E-state index is 11.3. The Kier molecular flexibility index (Phi) is 2.30. The summed E-state index contributed by atoms with van der Waals surface area (Å²) in [6.45, 7) is -0.131. The lowest BCUT2D eigenvalue weighted by molar-refractivity contribution is -0.150. The van der Waals surface area contributed by atoms with Crippen LogP contribution in [-0.2, 0) is 15.0 Å². The third kappa shape index (κ3) is 1.41. The normalized spacial score (nSPS) is 22.2. The Morgan fingerprint density at radius 3 is 2.62 bits per heavy atom. The van der Waals surface area contributed by atoms with E-state index in [2.05, 4.69) is 0 Å². The van der Waals surface area contributed by atoms with Gasteiger partial charge in [-0.1, -0.05) is 18.2 Å². The van der Waals surface area contributed by atoms with Crippen molar-refractivity contribution < 1.29 is 24.5 Å². The molecule has 0 spiro atoms. The number of rotatable bonds is 3. The van der Waals surface area contributed by atoms with Crippen LogP contribution in [0.5, 0.6) is 5.75 Å². The summed E-state index contributed by atoms with van der Waals surface area (Å²) in [7, 11) is 0. The molecule has 0 amide bonds. The lowest BCUT2D eigenvalue weighted by atomic mass is 9.79. The number of aliphatic carboxylic acids is 2. The first-order valence-corrected chi connectivity index (χ1v) is 4.74. The van der Waals surface area contributed by atoms with Crippen molar-refractivity contribution in [1.82, 2.24) is 0 Å². The van der Waals surface area contributed by atoms with E-state index in [4.69, 9.17) is 9.84 Å². The van der Waals surface area contributed by atoms with Gasteiger partial charge in [-0.2, -0.15) is 0 Å². The smallest absolute Gasteiger partial charge is 0.318 e. The largest absolute Gasteiger partial charge is 0.492 e. The molecular formula is C11H10O5. The molecule has 1 aliphatic heterocycles. The fraction of sp³-hybridized carbons (Fsp3) is 0.273. The molecule has 2 N–H and O–H groups in total. The zero-order chi connectivity index (χ0) is 11.8. The van der Waals surface area contributed by atoms with Crippen molar-refractivity contribution in [2.45, 2.75) is 11.8 Å². The van der Waals surface area contributed by atoms with Crippen LogP contribution in [-0.4, -0.2) is 28.8 Å². The van der Waals surface area contributed by atoms with Gasteiger partial charge in [0.25, 0.3) is 0 Å². The van der Waals surface area contributed by atoms with E-state index in [1.54, 1.807) is 24.3 Å². The Hall–Kier alpha value is -2.04. The Balaban J connectivity index is 2.51. The van der Waals surface area contributed by atoms with Crippen LogP contribution >= 0.6 is 0 Å². The first-order chi connectivity index (χ1) is 7.56. The van der Waals surface area contributed by atoms with Gasteiger partial charge in [0, 0.05) is 5.56 Å². The van der Waals surface area contributed by atoms with Gasteiger partial charge >= 0.3 is 11.9 Å². The molecule has 5 nitrogen and oxygen atoms in total. The minimum absolute atomic E-state index is 0.131. The molecule has 1 heterocycles. The van der Waals surface area contributed by atoms with Crippen molar-refractivity contribution in [1.29, 1.82) is 0 Å². The molecular weight excluding hydrogens is 212 g/mol.